The third-order valence-electron chi connectivity index (χ3n) is 4.00. The maximum absolute atomic E-state index is 12.4. The Balaban J connectivity index is 2.14. The monoisotopic (exact) mass is 297 g/mol. The Morgan fingerprint density at radius 2 is 1.77 bits per heavy atom. The Kier molecular flexibility index (Phi) is 5.21. The van der Waals surface area contributed by atoms with Crippen molar-refractivity contribution in [1.82, 2.24) is 5.32 Å². The molecule has 22 heavy (non-hydrogen) atoms. The van der Waals surface area contributed by atoms with E-state index in [2.05, 4.69) is 12.2 Å². The highest BCUT2D eigenvalue weighted by molar-refractivity contribution is 5.94. The molecule has 116 valence electrons. The predicted molar refractivity (Wildman–Crippen MR) is 89.4 cm³/mol. The average molecular weight is 297 g/mol. The van der Waals surface area contributed by atoms with Crippen LogP contribution in [0.3, 0.4) is 0 Å². The van der Waals surface area contributed by atoms with E-state index in [-0.39, 0.29) is 11.9 Å². The fraction of sp³-hybridized carbons (Fsp3) is 0.316. The molecule has 3 heteroatoms. The molecule has 1 atom stereocenters. The number of carbonyl (C=O) groups is 1. The summed E-state index contributed by atoms with van der Waals surface area (Å²) in [4.78, 5) is 12.4. The lowest BCUT2D eigenvalue weighted by Gasteiger charge is -2.18. The minimum Gasteiger partial charge on any atom is -0.497 e. The molecule has 0 unspecified atom stereocenters. The quantitative estimate of drug-likeness (QED) is 0.898. The van der Waals surface area contributed by atoms with Crippen LogP contribution < -0.4 is 10.1 Å². The summed E-state index contributed by atoms with van der Waals surface area (Å²) >= 11 is 0. The van der Waals surface area contributed by atoms with Gasteiger partial charge in [0.15, 0.2) is 0 Å². The molecular weight excluding hydrogens is 274 g/mol. The van der Waals surface area contributed by atoms with Crippen molar-refractivity contribution < 1.29 is 9.53 Å². The summed E-state index contributed by atoms with van der Waals surface area (Å²) in [5.41, 5.74) is 4.11. The molecule has 0 heterocycles. The molecule has 0 aliphatic rings. The lowest BCUT2D eigenvalue weighted by molar-refractivity contribution is 0.0935. The van der Waals surface area contributed by atoms with Gasteiger partial charge in [-0.25, -0.2) is 0 Å². The molecule has 2 aromatic rings. The van der Waals surface area contributed by atoms with Crippen LogP contribution in [0.5, 0.6) is 5.75 Å². The highest BCUT2D eigenvalue weighted by atomic mass is 16.5. The van der Waals surface area contributed by atoms with Crippen LogP contribution in [0.25, 0.3) is 0 Å². The first-order chi connectivity index (χ1) is 10.5. The maximum atomic E-state index is 12.4. The number of methoxy groups -OCH3 is 1. The molecule has 0 aliphatic carbocycles. The smallest absolute Gasteiger partial charge is 0.251 e. The molecule has 1 amide bonds. The standard InChI is InChI=1S/C19H23NO2/c1-5-18(15-8-10-17(22-4)11-9-15)20-19(21)16-7-6-13(2)14(3)12-16/h6-12,18H,5H2,1-4H3,(H,20,21)/t18-/m1/s1. The molecule has 0 aromatic heterocycles. The normalized spacial score (nSPS) is 11.8. The number of hydrogen-bond acceptors (Lipinski definition) is 2. The number of carbonyl (C=O) groups excluding carboxylic acids is 1. The first-order valence-corrected chi connectivity index (χ1v) is 7.57. The number of aryl methyl sites for hydroxylation is 2. The molecule has 0 saturated heterocycles. The first kappa shape index (κ1) is 16.1. The van der Waals surface area contributed by atoms with Crippen molar-refractivity contribution in [2.75, 3.05) is 7.11 Å². The SMILES string of the molecule is CC[C@@H](NC(=O)c1ccc(C)c(C)c1)c1ccc(OC)cc1. The van der Waals surface area contributed by atoms with Crippen molar-refractivity contribution in [2.45, 2.75) is 33.2 Å². The number of amides is 1. The summed E-state index contributed by atoms with van der Waals surface area (Å²) in [5.74, 6) is 0.782. The maximum Gasteiger partial charge on any atom is 0.251 e. The molecule has 2 rings (SSSR count). The lowest BCUT2D eigenvalue weighted by atomic mass is 10.0. The van der Waals surface area contributed by atoms with E-state index in [1.165, 1.54) is 5.56 Å². The number of benzene rings is 2. The van der Waals surface area contributed by atoms with Crippen LogP contribution in [0.2, 0.25) is 0 Å². The zero-order chi connectivity index (χ0) is 16.1. The number of hydrogen-bond donors (Lipinski definition) is 1. The van der Waals surface area contributed by atoms with Crippen molar-refractivity contribution in [3.63, 3.8) is 0 Å². The molecule has 0 spiro atoms. The fourth-order valence-corrected chi connectivity index (χ4v) is 2.38. The van der Waals surface area contributed by atoms with E-state index in [4.69, 9.17) is 4.74 Å². The number of ether oxygens (including phenoxy) is 1. The van der Waals surface area contributed by atoms with E-state index in [1.807, 2.05) is 56.3 Å². The van der Waals surface area contributed by atoms with E-state index >= 15 is 0 Å². The molecular formula is C19H23NO2. The summed E-state index contributed by atoms with van der Waals surface area (Å²) in [6, 6.07) is 13.6. The lowest BCUT2D eigenvalue weighted by Crippen LogP contribution is -2.28. The minimum atomic E-state index is -0.0363. The van der Waals surface area contributed by atoms with Gasteiger partial charge in [-0.05, 0) is 61.2 Å². The van der Waals surface area contributed by atoms with Crippen LogP contribution in [0.1, 0.15) is 46.4 Å². The van der Waals surface area contributed by atoms with Gasteiger partial charge >= 0.3 is 0 Å². The molecule has 0 fully saturated rings. The molecule has 0 bridgehead atoms. The Labute approximate surface area is 132 Å². The summed E-state index contributed by atoms with van der Waals surface area (Å²) < 4.78 is 5.17. The van der Waals surface area contributed by atoms with Gasteiger partial charge in [0.2, 0.25) is 0 Å². The Morgan fingerprint density at radius 1 is 1.09 bits per heavy atom. The highest BCUT2D eigenvalue weighted by Crippen LogP contribution is 2.21. The predicted octanol–water partition coefficient (Wildman–Crippen LogP) is 4.19. The van der Waals surface area contributed by atoms with Gasteiger partial charge in [-0.2, -0.15) is 0 Å². The van der Waals surface area contributed by atoms with Gasteiger partial charge in [-0.1, -0.05) is 25.1 Å². The third-order valence-corrected chi connectivity index (χ3v) is 4.00. The van der Waals surface area contributed by atoms with E-state index in [0.717, 1.165) is 23.3 Å². The third kappa shape index (κ3) is 3.67. The highest BCUT2D eigenvalue weighted by Gasteiger charge is 2.14. The number of rotatable bonds is 5. The summed E-state index contributed by atoms with van der Waals surface area (Å²) in [7, 11) is 1.65. The van der Waals surface area contributed by atoms with Crippen molar-refractivity contribution in [2.24, 2.45) is 0 Å². The average Bonchev–Trinajstić information content (AvgIpc) is 2.55. The van der Waals surface area contributed by atoms with E-state index in [9.17, 15) is 4.79 Å². The summed E-state index contributed by atoms with van der Waals surface area (Å²) in [5, 5.41) is 3.10. The molecule has 1 N–H and O–H groups in total. The van der Waals surface area contributed by atoms with Gasteiger partial charge in [-0.15, -0.1) is 0 Å². The van der Waals surface area contributed by atoms with Crippen molar-refractivity contribution >= 4 is 5.91 Å². The van der Waals surface area contributed by atoms with Crippen LogP contribution in [0.15, 0.2) is 42.5 Å². The second kappa shape index (κ2) is 7.12. The van der Waals surface area contributed by atoms with Crippen LogP contribution in [0.4, 0.5) is 0 Å². The summed E-state index contributed by atoms with van der Waals surface area (Å²) in [6.07, 6.45) is 0.836. The largest absolute Gasteiger partial charge is 0.497 e. The second-order valence-electron chi connectivity index (χ2n) is 5.51. The van der Waals surface area contributed by atoms with Gasteiger partial charge < -0.3 is 10.1 Å². The second-order valence-corrected chi connectivity index (χ2v) is 5.51. The zero-order valence-corrected chi connectivity index (χ0v) is 13.6. The van der Waals surface area contributed by atoms with Gasteiger partial charge in [-0.3, -0.25) is 4.79 Å². The molecule has 2 aromatic carbocycles. The zero-order valence-electron chi connectivity index (χ0n) is 13.6. The van der Waals surface area contributed by atoms with Gasteiger partial charge in [0.05, 0.1) is 13.2 Å². The van der Waals surface area contributed by atoms with Crippen LogP contribution in [-0.4, -0.2) is 13.0 Å². The van der Waals surface area contributed by atoms with Crippen LogP contribution in [-0.2, 0) is 0 Å². The fourth-order valence-electron chi connectivity index (χ4n) is 2.38. The van der Waals surface area contributed by atoms with Gasteiger partial charge in [0.25, 0.3) is 5.91 Å². The minimum absolute atomic E-state index is 0.0000142. The molecule has 0 aliphatic heterocycles. The van der Waals surface area contributed by atoms with Crippen LogP contribution in [0, 0.1) is 13.8 Å². The van der Waals surface area contributed by atoms with E-state index in [0.29, 0.717) is 5.56 Å². The Bertz CT molecular complexity index is 647. The Hall–Kier alpha value is -2.29. The van der Waals surface area contributed by atoms with Crippen molar-refractivity contribution in [1.29, 1.82) is 0 Å². The Morgan fingerprint density at radius 3 is 2.32 bits per heavy atom. The van der Waals surface area contributed by atoms with Gasteiger partial charge in [0, 0.05) is 5.56 Å². The molecule has 3 nitrogen and oxygen atoms in total. The van der Waals surface area contributed by atoms with Crippen molar-refractivity contribution in [3.05, 3.63) is 64.7 Å². The summed E-state index contributed by atoms with van der Waals surface area (Å²) in [6.45, 7) is 6.13. The van der Waals surface area contributed by atoms with E-state index < -0.39 is 0 Å². The van der Waals surface area contributed by atoms with E-state index in [1.54, 1.807) is 7.11 Å². The van der Waals surface area contributed by atoms with Gasteiger partial charge in [0.1, 0.15) is 5.75 Å². The topological polar surface area (TPSA) is 38.3 Å². The molecule has 0 saturated carbocycles. The number of nitrogens with one attached hydrogen (secondary N) is 1. The van der Waals surface area contributed by atoms with Crippen LogP contribution >= 0.6 is 0 Å². The first-order valence-electron chi connectivity index (χ1n) is 7.57. The van der Waals surface area contributed by atoms with Crippen molar-refractivity contribution in [3.8, 4) is 5.75 Å². The molecule has 0 radical (unpaired) electrons.